The molecule has 1 saturated heterocycles. The van der Waals surface area contributed by atoms with Crippen LogP contribution in [-0.2, 0) is 0 Å². The van der Waals surface area contributed by atoms with Crippen molar-refractivity contribution < 1.29 is 0 Å². The third-order valence-electron chi connectivity index (χ3n) is 4.43. The molecule has 1 aliphatic rings. The summed E-state index contributed by atoms with van der Waals surface area (Å²) in [7, 11) is 0. The Kier molecular flexibility index (Phi) is 4.95. The molecule has 3 nitrogen and oxygen atoms in total. The Morgan fingerprint density at radius 1 is 1.15 bits per heavy atom. The number of hydrogen-bond donors (Lipinski definition) is 1. The zero-order valence-electron chi connectivity index (χ0n) is 12.8. The van der Waals surface area contributed by atoms with Crippen LogP contribution in [0.15, 0.2) is 24.3 Å². The first-order chi connectivity index (χ1) is 9.38. The van der Waals surface area contributed by atoms with E-state index in [1.807, 2.05) is 12.1 Å². The second-order valence-electron chi connectivity index (χ2n) is 6.52. The van der Waals surface area contributed by atoms with E-state index in [2.05, 4.69) is 42.7 Å². The summed E-state index contributed by atoms with van der Waals surface area (Å²) in [5.74, 6) is 0. The van der Waals surface area contributed by atoms with Crippen molar-refractivity contribution in [2.45, 2.75) is 26.8 Å². The lowest BCUT2D eigenvalue weighted by Gasteiger charge is -2.41. The van der Waals surface area contributed by atoms with Gasteiger partial charge in [-0.05, 0) is 36.6 Å². The molecule has 0 aliphatic carbocycles. The first kappa shape index (κ1) is 15.6. The summed E-state index contributed by atoms with van der Waals surface area (Å²) in [6.07, 6.45) is 0. The highest BCUT2D eigenvalue weighted by atomic mass is 35.5. The van der Waals surface area contributed by atoms with Crippen LogP contribution in [0.2, 0.25) is 5.02 Å². The summed E-state index contributed by atoms with van der Waals surface area (Å²) >= 11 is 5.94. The molecular formula is C16H26ClN3. The van der Waals surface area contributed by atoms with Crippen molar-refractivity contribution in [1.29, 1.82) is 0 Å². The number of piperazine rings is 1. The molecule has 1 aromatic rings. The molecule has 2 N–H and O–H groups in total. The number of benzene rings is 1. The number of hydrogen-bond acceptors (Lipinski definition) is 3. The van der Waals surface area contributed by atoms with Gasteiger partial charge in [-0.2, -0.15) is 0 Å². The minimum Gasteiger partial charge on any atom is -0.369 e. The van der Waals surface area contributed by atoms with E-state index in [-0.39, 0.29) is 11.5 Å². The molecule has 1 aliphatic heterocycles. The van der Waals surface area contributed by atoms with Gasteiger partial charge in [0.25, 0.3) is 0 Å². The molecule has 1 heterocycles. The van der Waals surface area contributed by atoms with Crippen molar-refractivity contribution in [3.63, 3.8) is 0 Å². The van der Waals surface area contributed by atoms with E-state index >= 15 is 0 Å². The number of nitrogens with zero attached hydrogens (tertiary/aromatic N) is 2. The predicted molar refractivity (Wildman–Crippen MR) is 87.5 cm³/mol. The first-order valence-electron chi connectivity index (χ1n) is 7.37. The Morgan fingerprint density at radius 2 is 1.70 bits per heavy atom. The van der Waals surface area contributed by atoms with Crippen LogP contribution < -0.4 is 10.6 Å². The van der Waals surface area contributed by atoms with Crippen molar-refractivity contribution in [2.75, 3.05) is 37.6 Å². The lowest BCUT2D eigenvalue weighted by molar-refractivity contribution is 0.151. The Labute approximate surface area is 127 Å². The Balaban J connectivity index is 1.88. The van der Waals surface area contributed by atoms with Gasteiger partial charge >= 0.3 is 0 Å². The van der Waals surface area contributed by atoms with Gasteiger partial charge < -0.3 is 10.6 Å². The Morgan fingerprint density at radius 3 is 2.20 bits per heavy atom. The van der Waals surface area contributed by atoms with Gasteiger partial charge in [0.15, 0.2) is 0 Å². The number of halogens is 1. The summed E-state index contributed by atoms with van der Waals surface area (Å²) in [6.45, 7) is 12.0. The first-order valence-corrected chi connectivity index (χ1v) is 7.75. The zero-order valence-corrected chi connectivity index (χ0v) is 13.5. The molecule has 4 heteroatoms. The van der Waals surface area contributed by atoms with Gasteiger partial charge in [-0.1, -0.05) is 25.4 Å². The maximum atomic E-state index is 6.07. The van der Waals surface area contributed by atoms with Gasteiger partial charge in [-0.3, -0.25) is 4.90 Å². The molecule has 0 radical (unpaired) electrons. The molecule has 1 unspecified atom stereocenters. The highest BCUT2D eigenvalue weighted by Crippen LogP contribution is 2.23. The zero-order chi connectivity index (χ0) is 14.8. The van der Waals surface area contributed by atoms with E-state index in [9.17, 15) is 0 Å². The molecule has 2 rings (SSSR count). The van der Waals surface area contributed by atoms with Crippen molar-refractivity contribution in [1.82, 2.24) is 4.90 Å². The van der Waals surface area contributed by atoms with Crippen molar-refractivity contribution >= 4 is 17.3 Å². The summed E-state index contributed by atoms with van der Waals surface area (Å²) in [5, 5.41) is 0.797. The van der Waals surface area contributed by atoms with Gasteiger partial charge in [0.2, 0.25) is 0 Å². The fraction of sp³-hybridized carbons (Fsp3) is 0.625. The van der Waals surface area contributed by atoms with Crippen LogP contribution in [0, 0.1) is 5.41 Å². The van der Waals surface area contributed by atoms with Gasteiger partial charge in [-0.25, -0.2) is 0 Å². The van der Waals surface area contributed by atoms with Crippen LogP contribution >= 0.6 is 11.6 Å². The van der Waals surface area contributed by atoms with Crippen LogP contribution in [0.1, 0.15) is 20.8 Å². The lowest BCUT2D eigenvalue weighted by Crippen LogP contribution is -2.51. The second kappa shape index (κ2) is 6.33. The Bertz CT molecular complexity index is 420. The third kappa shape index (κ3) is 3.87. The minimum atomic E-state index is 0.169. The number of anilines is 1. The molecule has 0 bridgehead atoms. The molecule has 0 saturated carbocycles. The minimum absolute atomic E-state index is 0.169. The van der Waals surface area contributed by atoms with Crippen molar-refractivity contribution in [3.8, 4) is 0 Å². The van der Waals surface area contributed by atoms with Crippen molar-refractivity contribution in [3.05, 3.63) is 29.3 Å². The molecule has 112 valence electrons. The van der Waals surface area contributed by atoms with E-state index in [0.717, 1.165) is 37.7 Å². The fourth-order valence-electron chi connectivity index (χ4n) is 2.54. The molecule has 0 amide bonds. The summed E-state index contributed by atoms with van der Waals surface area (Å²) in [4.78, 5) is 4.95. The lowest BCUT2D eigenvalue weighted by atomic mass is 9.85. The van der Waals surface area contributed by atoms with Crippen LogP contribution in [0.5, 0.6) is 0 Å². The van der Waals surface area contributed by atoms with Crippen LogP contribution in [0.3, 0.4) is 0 Å². The van der Waals surface area contributed by atoms with Gasteiger partial charge in [0, 0.05) is 49.5 Å². The van der Waals surface area contributed by atoms with Gasteiger partial charge in [-0.15, -0.1) is 0 Å². The highest BCUT2D eigenvalue weighted by Gasteiger charge is 2.27. The van der Waals surface area contributed by atoms with E-state index in [1.165, 1.54) is 5.69 Å². The predicted octanol–water partition coefficient (Wildman–Crippen LogP) is 2.84. The van der Waals surface area contributed by atoms with Crippen molar-refractivity contribution in [2.24, 2.45) is 11.1 Å². The summed E-state index contributed by atoms with van der Waals surface area (Å²) in [6, 6.07) is 8.34. The van der Waals surface area contributed by atoms with E-state index < -0.39 is 0 Å². The second-order valence-corrected chi connectivity index (χ2v) is 6.95. The largest absolute Gasteiger partial charge is 0.369 e. The smallest absolute Gasteiger partial charge is 0.0407 e. The monoisotopic (exact) mass is 295 g/mol. The molecule has 0 spiro atoms. The third-order valence-corrected chi connectivity index (χ3v) is 4.68. The maximum Gasteiger partial charge on any atom is 0.0407 e. The molecule has 0 aromatic heterocycles. The van der Waals surface area contributed by atoms with E-state index in [0.29, 0.717) is 0 Å². The summed E-state index contributed by atoms with van der Waals surface area (Å²) in [5.41, 5.74) is 7.50. The summed E-state index contributed by atoms with van der Waals surface area (Å²) < 4.78 is 0. The quantitative estimate of drug-likeness (QED) is 0.927. The average Bonchev–Trinajstić information content (AvgIpc) is 2.40. The highest BCUT2D eigenvalue weighted by molar-refractivity contribution is 6.30. The van der Waals surface area contributed by atoms with E-state index in [4.69, 9.17) is 17.3 Å². The normalized spacial score (nSPS) is 19.1. The molecule has 1 atom stereocenters. The number of rotatable bonds is 4. The van der Waals surface area contributed by atoms with Crippen LogP contribution in [0.25, 0.3) is 0 Å². The topological polar surface area (TPSA) is 32.5 Å². The molecule has 20 heavy (non-hydrogen) atoms. The molecule has 1 aromatic carbocycles. The van der Waals surface area contributed by atoms with E-state index in [1.54, 1.807) is 0 Å². The number of nitrogens with two attached hydrogens (primary N) is 1. The van der Waals surface area contributed by atoms with Crippen LogP contribution in [0.4, 0.5) is 5.69 Å². The molecule has 1 fully saturated rings. The Hall–Kier alpha value is -0.770. The van der Waals surface area contributed by atoms with Crippen LogP contribution in [-0.4, -0.2) is 43.7 Å². The molecular weight excluding hydrogens is 270 g/mol. The standard InChI is InChI=1S/C16H26ClN3/c1-13(18)16(2,3)12-19-8-10-20(11-9-19)15-6-4-14(17)5-7-15/h4-7,13H,8-12,18H2,1-3H3. The van der Waals surface area contributed by atoms with Gasteiger partial charge in [0.1, 0.15) is 0 Å². The SMILES string of the molecule is CC(N)C(C)(C)CN1CCN(c2ccc(Cl)cc2)CC1. The van der Waals surface area contributed by atoms with Gasteiger partial charge in [0.05, 0.1) is 0 Å². The maximum absolute atomic E-state index is 6.07. The average molecular weight is 296 g/mol. The fourth-order valence-corrected chi connectivity index (χ4v) is 2.66.